The summed E-state index contributed by atoms with van der Waals surface area (Å²) < 4.78 is 0. The molecule has 0 aromatic heterocycles. The summed E-state index contributed by atoms with van der Waals surface area (Å²) in [6.45, 7) is 4.32. The fourth-order valence-corrected chi connectivity index (χ4v) is 1.09. The highest BCUT2D eigenvalue weighted by atomic mass is 15.3. The van der Waals surface area contributed by atoms with E-state index in [0.29, 0.717) is 12.0 Å². The van der Waals surface area contributed by atoms with E-state index in [1.54, 1.807) is 7.05 Å². The molecule has 0 saturated carbocycles. The van der Waals surface area contributed by atoms with Gasteiger partial charge in [-0.15, -0.1) is 0 Å². The summed E-state index contributed by atoms with van der Waals surface area (Å²) in [5, 5.41) is 3.22. The Labute approximate surface area is 74.6 Å². The van der Waals surface area contributed by atoms with Crippen molar-refractivity contribution in [2.45, 2.75) is 39.2 Å². The molecule has 1 unspecified atom stereocenters. The van der Waals surface area contributed by atoms with Gasteiger partial charge in [-0.1, -0.05) is 20.3 Å². The van der Waals surface area contributed by atoms with E-state index in [9.17, 15) is 0 Å². The molecule has 0 amide bonds. The smallest absolute Gasteiger partial charge is 0.205 e. The van der Waals surface area contributed by atoms with Gasteiger partial charge in [-0.2, -0.15) is 0 Å². The van der Waals surface area contributed by atoms with Gasteiger partial charge in [0, 0.05) is 13.1 Å². The Morgan fingerprint density at radius 3 is 2.50 bits per heavy atom. The Kier molecular flexibility index (Phi) is 6.47. The quantitative estimate of drug-likeness (QED) is 0.252. The van der Waals surface area contributed by atoms with Crippen molar-refractivity contribution in [1.29, 1.82) is 0 Å². The third-order valence-electron chi connectivity index (χ3n) is 1.83. The second-order valence-electron chi connectivity index (χ2n) is 2.75. The molecule has 0 saturated heterocycles. The average Bonchev–Trinajstić information content (AvgIpc) is 2.12. The van der Waals surface area contributed by atoms with Gasteiger partial charge >= 0.3 is 0 Å². The average molecular weight is 172 g/mol. The Balaban J connectivity index is 3.83. The molecule has 0 fully saturated rings. The lowest BCUT2D eigenvalue weighted by atomic mass is 10.1. The Bertz CT molecular complexity index is 133. The molecule has 4 N–H and O–H groups in total. The van der Waals surface area contributed by atoms with Crippen molar-refractivity contribution in [2.75, 3.05) is 7.05 Å². The lowest BCUT2D eigenvalue weighted by molar-refractivity contribution is 0.529. The molecule has 0 heterocycles. The standard InChI is InChI=1S/C8H20N4/c1-4-6-7(5-2)11-8(10-3)12-9/h7H,4-6,9H2,1-3H3,(H2,10,11,12). The van der Waals surface area contributed by atoms with Crippen LogP contribution < -0.4 is 16.6 Å². The van der Waals surface area contributed by atoms with Crippen molar-refractivity contribution >= 4 is 5.96 Å². The molecule has 1 atom stereocenters. The van der Waals surface area contributed by atoms with Crippen LogP contribution in [0.4, 0.5) is 0 Å². The summed E-state index contributed by atoms with van der Waals surface area (Å²) in [7, 11) is 1.71. The van der Waals surface area contributed by atoms with Gasteiger partial charge in [0.25, 0.3) is 0 Å². The normalized spacial score (nSPS) is 14.2. The minimum absolute atomic E-state index is 0.477. The van der Waals surface area contributed by atoms with Crippen LogP contribution in [0.5, 0.6) is 0 Å². The zero-order chi connectivity index (χ0) is 9.40. The molecule has 0 spiro atoms. The van der Waals surface area contributed by atoms with Gasteiger partial charge in [0.2, 0.25) is 5.96 Å². The summed E-state index contributed by atoms with van der Waals surface area (Å²) in [4.78, 5) is 3.95. The Hall–Kier alpha value is -0.770. The highest BCUT2D eigenvalue weighted by molar-refractivity contribution is 5.79. The summed E-state index contributed by atoms with van der Waals surface area (Å²) in [5.74, 6) is 5.90. The van der Waals surface area contributed by atoms with Crippen molar-refractivity contribution < 1.29 is 0 Å². The topological polar surface area (TPSA) is 62.4 Å². The molecule has 0 radical (unpaired) electrons. The van der Waals surface area contributed by atoms with Crippen molar-refractivity contribution in [3.8, 4) is 0 Å². The molecule has 12 heavy (non-hydrogen) atoms. The first-order valence-electron chi connectivity index (χ1n) is 4.48. The first kappa shape index (κ1) is 11.2. The molecular formula is C8H20N4. The molecular weight excluding hydrogens is 152 g/mol. The van der Waals surface area contributed by atoms with Crippen molar-refractivity contribution in [2.24, 2.45) is 10.8 Å². The van der Waals surface area contributed by atoms with Gasteiger partial charge in [0.15, 0.2) is 0 Å². The van der Waals surface area contributed by atoms with Crippen LogP contribution in [-0.2, 0) is 0 Å². The molecule has 0 bridgehead atoms. The Morgan fingerprint density at radius 2 is 2.17 bits per heavy atom. The number of hydrogen-bond donors (Lipinski definition) is 3. The lowest BCUT2D eigenvalue weighted by Gasteiger charge is -2.17. The van der Waals surface area contributed by atoms with E-state index >= 15 is 0 Å². The number of guanidine groups is 1. The van der Waals surface area contributed by atoms with Gasteiger partial charge in [-0.25, -0.2) is 5.84 Å². The van der Waals surface area contributed by atoms with Crippen LogP contribution in [0.15, 0.2) is 4.99 Å². The second-order valence-corrected chi connectivity index (χ2v) is 2.75. The minimum atomic E-state index is 0.477. The second kappa shape index (κ2) is 6.91. The van der Waals surface area contributed by atoms with Gasteiger partial charge in [-0.3, -0.25) is 10.4 Å². The number of nitrogens with one attached hydrogen (secondary N) is 2. The van der Waals surface area contributed by atoms with E-state index in [0.717, 1.165) is 12.8 Å². The Morgan fingerprint density at radius 1 is 1.50 bits per heavy atom. The molecule has 0 aromatic rings. The molecule has 72 valence electrons. The maximum atomic E-state index is 5.24. The number of nitrogens with zero attached hydrogens (tertiary/aromatic N) is 1. The van der Waals surface area contributed by atoms with Crippen LogP contribution in [-0.4, -0.2) is 19.0 Å². The number of hydrazine groups is 1. The van der Waals surface area contributed by atoms with E-state index in [-0.39, 0.29) is 0 Å². The summed E-state index contributed by atoms with van der Waals surface area (Å²) in [6, 6.07) is 0.477. The van der Waals surface area contributed by atoms with Crippen molar-refractivity contribution in [3.05, 3.63) is 0 Å². The minimum Gasteiger partial charge on any atom is -0.353 e. The SMILES string of the molecule is CCCC(CC)NC(=NC)NN. The van der Waals surface area contributed by atoms with E-state index in [1.165, 1.54) is 6.42 Å². The van der Waals surface area contributed by atoms with Gasteiger partial charge < -0.3 is 5.32 Å². The molecule has 4 nitrogen and oxygen atoms in total. The molecule has 0 aliphatic rings. The maximum absolute atomic E-state index is 5.24. The number of nitrogens with two attached hydrogens (primary N) is 1. The monoisotopic (exact) mass is 172 g/mol. The highest BCUT2D eigenvalue weighted by Gasteiger charge is 2.05. The van der Waals surface area contributed by atoms with Crippen LogP contribution in [0.1, 0.15) is 33.1 Å². The van der Waals surface area contributed by atoms with Crippen LogP contribution in [0.2, 0.25) is 0 Å². The highest BCUT2D eigenvalue weighted by Crippen LogP contribution is 1.99. The van der Waals surface area contributed by atoms with E-state index in [2.05, 4.69) is 29.6 Å². The molecule has 0 rings (SSSR count). The largest absolute Gasteiger partial charge is 0.353 e. The lowest BCUT2D eigenvalue weighted by Crippen LogP contribution is -2.46. The predicted molar refractivity (Wildman–Crippen MR) is 52.8 cm³/mol. The fourth-order valence-electron chi connectivity index (χ4n) is 1.09. The molecule has 0 aliphatic heterocycles. The van der Waals surface area contributed by atoms with Gasteiger partial charge in [-0.05, 0) is 12.8 Å². The third-order valence-corrected chi connectivity index (χ3v) is 1.83. The van der Waals surface area contributed by atoms with E-state index < -0.39 is 0 Å². The zero-order valence-corrected chi connectivity index (χ0v) is 8.22. The number of hydrogen-bond acceptors (Lipinski definition) is 2. The van der Waals surface area contributed by atoms with Crippen LogP contribution in [0.25, 0.3) is 0 Å². The van der Waals surface area contributed by atoms with Crippen LogP contribution in [0, 0.1) is 0 Å². The van der Waals surface area contributed by atoms with E-state index in [4.69, 9.17) is 5.84 Å². The molecule has 4 heteroatoms. The maximum Gasteiger partial charge on any atom is 0.205 e. The number of rotatable bonds is 4. The van der Waals surface area contributed by atoms with Crippen molar-refractivity contribution in [3.63, 3.8) is 0 Å². The van der Waals surface area contributed by atoms with Crippen LogP contribution >= 0.6 is 0 Å². The summed E-state index contributed by atoms with van der Waals surface area (Å²) >= 11 is 0. The van der Waals surface area contributed by atoms with Gasteiger partial charge in [0.1, 0.15) is 0 Å². The first-order chi connectivity index (χ1) is 5.78. The number of aliphatic imine (C=N–C) groups is 1. The first-order valence-corrected chi connectivity index (χ1v) is 4.48. The fraction of sp³-hybridized carbons (Fsp3) is 0.875. The van der Waals surface area contributed by atoms with E-state index in [1.807, 2.05) is 0 Å². The third kappa shape index (κ3) is 4.18. The predicted octanol–water partition coefficient (Wildman–Crippen LogP) is 0.604. The zero-order valence-electron chi connectivity index (χ0n) is 8.22. The van der Waals surface area contributed by atoms with Crippen LogP contribution in [0.3, 0.4) is 0 Å². The molecule has 0 aromatic carbocycles. The van der Waals surface area contributed by atoms with Crippen molar-refractivity contribution in [1.82, 2.24) is 10.7 Å². The summed E-state index contributed by atoms with van der Waals surface area (Å²) in [6.07, 6.45) is 3.42. The summed E-state index contributed by atoms with van der Waals surface area (Å²) in [5.41, 5.74) is 2.51. The van der Waals surface area contributed by atoms with Gasteiger partial charge in [0.05, 0.1) is 0 Å². The molecule has 0 aliphatic carbocycles.